The Morgan fingerprint density at radius 3 is 2.50 bits per heavy atom. The summed E-state index contributed by atoms with van der Waals surface area (Å²) in [5.41, 5.74) is 1.22. The number of halogens is 1. The summed E-state index contributed by atoms with van der Waals surface area (Å²) in [5, 5.41) is 6.50. The summed E-state index contributed by atoms with van der Waals surface area (Å²) in [6, 6.07) is 10.3. The molecule has 0 unspecified atom stereocenters. The smallest absolute Gasteiger partial charge is 0.191 e. The number of hydrogen-bond donors (Lipinski definition) is 2. The van der Waals surface area contributed by atoms with Gasteiger partial charge in [0.05, 0.1) is 13.2 Å². The molecule has 1 aromatic carbocycles. The molecular formula is C18H32IN3O2. The predicted octanol–water partition coefficient (Wildman–Crippen LogP) is 3.19. The van der Waals surface area contributed by atoms with Crippen LogP contribution >= 0.6 is 24.0 Å². The number of benzene rings is 1. The van der Waals surface area contributed by atoms with Crippen LogP contribution in [0, 0.1) is 0 Å². The third-order valence-corrected chi connectivity index (χ3v) is 3.17. The van der Waals surface area contributed by atoms with E-state index in [0.717, 1.165) is 51.6 Å². The highest BCUT2D eigenvalue weighted by Gasteiger charge is 1.96. The van der Waals surface area contributed by atoms with Gasteiger partial charge in [-0.1, -0.05) is 30.3 Å². The highest BCUT2D eigenvalue weighted by molar-refractivity contribution is 14.0. The first-order valence-electron chi connectivity index (χ1n) is 8.58. The lowest BCUT2D eigenvalue weighted by molar-refractivity contribution is 0.117. The highest BCUT2D eigenvalue weighted by atomic mass is 127. The van der Waals surface area contributed by atoms with Crippen molar-refractivity contribution in [3.8, 4) is 0 Å². The number of unbranched alkanes of at least 4 members (excludes halogenated alkanes) is 1. The van der Waals surface area contributed by atoms with Gasteiger partial charge in [-0.2, -0.15) is 0 Å². The van der Waals surface area contributed by atoms with Crippen molar-refractivity contribution in [2.75, 3.05) is 39.5 Å². The Balaban J connectivity index is 0.00000529. The number of nitrogens with one attached hydrogen (secondary N) is 2. The van der Waals surface area contributed by atoms with E-state index in [0.29, 0.717) is 13.2 Å². The summed E-state index contributed by atoms with van der Waals surface area (Å²) in [4.78, 5) is 4.55. The summed E-state index contributed by atoms with van der Waals surface area (Å²) in [6.07, 6.45) is 2.05. The second-order valence-corrected chi connectivity index (χ2v) is 5.13. The van der Waals surface area contributed by atoms with Gasteiger partial charge in [-0.15, -0.1) is 24.0 Å². The molecule has 0 aliphatic heterocycles. The number of hydrogen-bond acceptors (Lipinski definition) is 3. The van der Waals surface area contributed by atoms with E-state index in [9.17, 15) is 0 Å². The predicted molar refractivity (Wildman–Crippen MR) is 111 cm³/mol. The number of rotatable bonds is 12. The number of ether oxygens (including phenoxy) is 2. The molecular weight excluding hydrogens is 417 g/mol. The van der Waals surface area contributed by atoms with Gasteiger partial charge in [0.1, 0.15) is 0 Å². The van der Waals surface area contributed by atoms with Gasteiger partial charge in [0.2, 0.25) is 0 Å². The van der Waals surface area contributed by atoms with Crippen LogP contribution in [0.4, 0.5) is 0 Å². The SMILES string of the molecule is CCNC(=NCCCCOCc1ccccc1)NCCOCC.I. The van der Waals surface area contributed by atoms with Gasteiger partial charge >= 0.3 is 0 Å². The lowest BCUT2D eigenvalue weighted by atomic mass is 10.2. The van der Waals surface area contributed by atoms with Crippen LogP contribution in [0.25, 0.3) is 0 Å². The van der Waals surface area contributed by atoms with Crippen LogP contribution in [0.5, 0.6) is 0 Å². The molecule has 0 saturated heterocycles. The fourth-order valence-corrected chi connectivity index (χ4v) is 2.00. The van der Waals surface area contributed by atoms with Gasteiger partial charge in [-0.05, 0) is 32.3 Å². The van der Waals surface area contributed by atoms with Crippen molar-refractivity contribution in [1.29, 1.82) is 0 Å². The first-order chi connectivity index (χ1) is 11.4. The van der Waals surface area contributed by atoms with E-state index in [-0.39, 0.29) is 24.0 Å². The van der Waals surface area contributed by atoms with Gasteiger partial charge in [0.15, 0.2) is 5.96 Å². The van der Waals surface area contributed by atoms with Gasteiger partial charge < -0.3 is 20.1 Å². The van der Waals surface area contributed by atoms with Crippen LogP contribution in [-0.4, -0.2) is 45.4 Å². The molecule has 0 atom stereocenters. The van der Waals surface area contributed by atoms with E-state index in [1.165, 1.54) is 5.56 Å². The van der Waals surface area contributed by atoms with Crippen LogP contribution in [-0.2, 0) is 16.1 Å². The van der Waals surface area contributed by atoms with E-state index in [1.54, 1.807) is 0 Å². The van der Waals surface area contributed by atoms with E-state index < -0.39 is 0 Å². The maximum absolute atomic E-state index is 5.67. The van der Waals surface area contributed by atoms with Crippen molar-refractivity contribution in [2.45, 2.75) is 33.3 Å². The van der Waals surface area contributed by atoms with E-state index >= 15 is 0 Å². The molecule has 24 heavy (non-hydrogen) atoms. The van der Waals surface area contributed by atoms with Crippen molar-refractivity contribution in [3.05, 3.63) is 35.9 Å². The Morgan fingerprint density at radius 2 is 1.79 bits per heavy atom. The molecule has 0 saturated carbocycles. The zero-order chi connectivity index (χ0) is 16.6. The van der Waals surface area contributed by atoms with Crippen LogP contribution in [0.3, 0.4) is 0 Å². The average molecular weight is 449 g/mol. The molecule has 0 aromatic heterocycles. The first-order valence-corrected chi connectivity index (χ1v) is 8.58. The second kappa shape index (κ2) is 17.0. The molecule has 0 fully saturated rings. The Bertz CT molecular complexity index is 416. The molecule has 0 amide bonds. The van der Waals surface area contributed by atoms with E-state index in [1.807, 2.05) is 25.1 Å². The van der Waals surface area contributed by atoms with Crippen molar-refractivity contribution < 1.29 is 9.47 Å². The Hall–Kier alpha value is -0.860. The Morgan fingerprint density at radius 1 is 1.00 bits per heavy atom. The minimum Gasteiger partial charge on any atom is -0.380 e. The Kier molecular flexibility index (Phi) is 16.4. The number of aliphatic imine (C=N–C) groups is 1. The Labute approximate surface area is 163 Å². The molecule has 1 rings (SSSR count). The van der Waals surface area contributed by atoms with E-state index in [4.69, 9.17) is 9.47 Å². The molecule has 5 nitrogen and oxygen atoms in total. The van der Waals surface area contributed by atoms with Crippen LogP contribution < -0.4 is 10.6 Å². The monoisotopic (exact) mass is 449 g/mol. The molecule has 0 spiro atoms. The van der Waals surface area contributed by atoms with Gasteiger partial charge in [0.25, 0.3) is 0 Å². The zero-order valence-corrected chi connectivity index (χ0v) is 17.3. The van der Waals surface area contributed by atoms with Crippen molar-refractivity contribution >= 4 is 29.9 Å². The standard InChI is InChI=1S/C18H31N3O2.HI/c1-3-19-18(21-13-15-22-4-2)20-12-8-9-14-23-16-17-10-6-5-7-11-17;/h5-7,10-11H,3-4,8-9,12-16H2,1-2H3,(H2,19,20,21);1H. The molecule has 6 heteroatoms. The molecule has 2 N–H and O–H groups in total. The van der Waals surface area contributed by atoms with Gasteiger partial charge in [-0.25, -0.2) is 0 Å². The normalized spacial score (nSPS) is 11.0. The molecule has 138 valence electrons. The fraction of sp³-hybridized carbons (Fsp3) is 0.611. The molecule has 0 heterocycles. The maximum Gasteiger partial charge on any atom is 0.191 e. The lowest BCUT2D eigenvalue weighted by Gasteiger charge is -2.11. The summed E-state index contributed by atoms with van der Waals surface area (Å²) < 4.78 is 11.0. The van der Waals surface area contributed by atoms with Crippen LogP contribution in [0.1, 0.15) is 32.3 Å². The van der Waals surface area contributed by atoms with Gasteiger partial charge in [0, 0.05) is 32.8 Å². The second-order valence-electron chi connectivity index (χ2n) is 5.13. The summed E-state index contributed by atoms with van der Waals surface area (Å²) in [6.45, 7) is 9.42. The molecule has 0 aliphatic carbocycles. The van der Waals surface area contributed by atoms with Crippen molar-refractivity contribution in [1.82, 2.24) is 10.6 Å². The van der Waals surface area contributed by atoms with Crippen molar-refractivity contribution in [3.63, 3.8) is 0 Å². The number of guanidine groups is 1. The van der Waals surface area contributed by atoms with Crippen LogP contribution in [0.2, 0.25) is 0 Å². The van der Waals surface area contributed by atoms with Gasteiger partial charge in [-0.3, -0.25) is 4.99 Å². The molecule has 0 radical (unpaired) electrons. The van der Waals surface area contributed by atoms with Crippen LogP contribution in [0.15, 0.2) is 35.3 Å². The third-order valence-electron chi connectivity index (χ3n) is 3.17. The third kappa shape index (κ3) is 12.5. The molecule has 0 bridgehead atoms. The summed E-state index contributed by atoms with van der Waals surface area (Å²) in [5.74, 6) is 0.859. The maximum atomic E-state index is 5.67. The average Bonchev–Trinajstić information content (AvgIpc) is 2.58. The quantitative estimate of drug-likeness (QED) is 0.223. The highest BCUT2D eigenvalue weighted by Crippen LogP contribution is 2.01. The minimum atomic E-state index is 0. The fourth-order valence-electron chi connectivity index (χ4n) is 2.00. The molecule has 0 aliphatic rings. The summed E-state index contributed by atoms with van der Waals surface area (Å²) in [7, 11) is 0. The number of nitrogens with zero attached hydrogens (tertiary/aromatic N) is 1. The molecule has 1 aromatic rings. The largest absolute Gasteiger partial charge is 0.380 e. The first kappa shape index (κ1) is 23.1. The summed E-state index contributed by atoms with van der Waals surface area (Å²) >= 11 is 0. The van der Waals surface area contributed by atoms with E-state index in [2.05, 4.69) is 34.7 Å². The lowest BCUT2D eigenvalue weighted by Crippen LogP contribution is -2.39. The zero-order valence-electron chi connectivity index (χ0n) is 14.9. The van der Waals surface area contributed by atoms with Crippen molar-refractivity contribution in [2.24, 2.45) is 4.99 Å². The topological polar surface area (TPSA) is 54.9 Å². The minimum absolute atomic E-state index is 0.